The summed E-state index contributed by atoms with van der Waals surface area (Å²) in [6.07, 6.45) is -2.56. The molecule has 0 bridgehead atoms. The number of aliphatic hydroxyl groups is 3. The Kier molecular flexibility index (Phi) is 4.94. The number of carbonyl (C=O) groups excluding carboxylic acids is 1. The number of carbonyl (C=O) groups is 1. The van der Waals surface area contributed by atoms with Crippen LogP contribution < -0.4 is 5.73 Å². The highest BCUT2D eigenvalue weighted by atomic mass is 32.2. The molecule has 1 amide bonds. The average Bonchev–Trinajstić information content (AvgIpc) is 2.99. The maximum Gasteiger partial charge on any atom is 0.288 e. The zero-order chi connectivity index (χ0) is 14.7. The molecule has 5 N–H and O–H groups in total. The van der Waals surface area contributed by atoms with Crippen LogP contribution in [0.1, 0.15) is 16.8 Å². The van der Waals surface area contributed by atoms with Gasteiger partial charge in [-0.1, -0.05) is 0 Å². The van der Waals surface area contributed by atoms with Gasteiger partial charge in [-0.05, 0) is 0 Å². The van der Waals surface area contributed by atoms with Crippen LogP contribution >= 0.6 is 11.8 Å². The van der Waals surface area contributed by atoms with Crippen molar-refractivity contribution in [3.05, 3.63) is 12.2 Å². The third-order valence-corrected chi connectivity index (χ3v) is 3.88. The summed E-state index contributed by atoms with van der Waals surface area (Å²) in [4.78, 5) is 14.6. The van der Waals surface area contributed by atoms with E-state index in [1.807, 2.05) is 0 Å². The maximum atomic E-state index is 10.9. The number of aromatic nitrogens is 3. The van der Waals surface area contributed by atoms with Gasteiger partial charge in [0, 0.05) is 11.5 Å². The molecule has 0 saturated carbocycles. The van der Waals surface area contributed by atoms with Crippen LogP contribution in [0.25, 0.3) is 0 Å². The lowest BCUT2D eigenvalue weighted by Gasteiger charge is -2.13. The number of thioether (sulfide) groups is 1. The number of rotatable bonds is 6. The number of ether oxygens (including phenoxy) is 1. The van der Waals surface area contributed by atoms with Gasteiger partial charge in [-0.2, -0.15) is 11.8 Å². The monoisotopic (exact) mass is 304 g/mol. The van der Waals surface area contributed by atoms with Gasteiger partial charge in [-0.15, -0.1) is 5.10 Å². The standard InChI is InChI=1S/C10H16N4O5S/c11-8(18)9-12-4-14(13-9)10-7(17)6(16)5(19-10)3-20-2-1-15/h4-7,10,15-17H,1-3H2,(H2,11,18)/t5-,6-,7-,10-/m1/s1. The fourth-order valence-electron chi connectivity index (χ4n) is 1.86. The number of primary amides is 1. The third kappa shape index (κ3) is 3.10. The van der Waals surface area contributed by atoms with E-state index in [1.54, 1.807) is 0 Å². The Balaban J connectivity index is 2.03. The normalized spacial score (nSPS) is 29.8. The van der Waals surface area contributed by atoms with E-state index in [2.05, 4.69) is 10.1 Å². The lowest BCUT2D eigenvalue weighted by molar-refractivity contribution is -0.0389. The van der Waals surface area contributed by atoms with E-state index in [9.17, 15) is 15.0 Å². The Morgan fingerprint density at radius 1 is 1.50 bits per heavy atom. The van der Waals surface area contributed by atoms with Crippen LogP contribution in [0.15, 0.2) is 6.33 Å². The quantitative estimate of drug-likeness (QED) is 0.430. The van der Waals surface area contributed by atoms with Gasteiger partial charge in [-0.3, -0.25) is 4.79 Å². The predicted molar refractivity (Wildman–Crippen MR) is 68.9 cm³/mol. The molecule has 112 valence electrons. The topological polar surface area (TPSA) is 144 Å². The van der Waals surface area contributed by atoms with Crippen LogP contribution in [0, 0.1) is 0 Å². The minimum atomic E-state index is -1.18. The zero-order valence-electron chi connectivity index (χ0n) is 10.5. The average molecular weight is 304 g/mol. The minimum Gasteiger partial charge on any atom is -0.396 e. The van der Waals surface area contributed by atoms with Gasteiger partial charge in [0.2, 0.25) is 5.82 Å². The van der Waals surface area contributed by atoms with Crippen molar-refractivity contribution >= 4 is 17.7 Å². The molecule has 0 aromatic carbocycles. The molecule has 1 saturated heterocycles. The molecule has 9 nitrogen and oxygen atoms in total. The first kappa shape index (κ1) is 15.2. The number of amides is 1. The Morgan fingerprint density at radius 2 is 2.25 bits per heavy atom. The number of nitrogens with two attached hydrogens (primary N) is 1. The van der Waals surface area contributed by atoms with Crippen molar-refractivity contribution in [1.29, 1.82) is 0 Å². The van der Waals surface area contributed by atoms with Gasteiger partial charge in [0.05, 0.1) is 12.7 Å². The Labute approximate surface area is 118 Å². The lowest BCUT2D eigenvalue weighted by Crippen LogP contribution is -2.32. The second-order valence-electron chi connectivity index (χ2n) is 4.26. The molecule has 2 rings (SSSR count). The molecule has 1 fully saturated rings. The molecule has 0 aliphatic carbocycles. The molecule has 1 aliphatic heterocycles. The van der Waals surface area contributed by atoms with E-state index in [0.29, 0.717) is 11.5 Å². The number of hydrogen-bond donors (Lipinski definition) is 4. The Morgan fingerprint density at radius 3 is 2.85 bits per heavy atom. The summed E-state index contributed by atoms with van der Waals surface area (Å²) in [6.45, 7) is 0.0323. The first-order valence-electron chi connectivity index (χ1n) is 5.95. The number of nitrogens with zero attached hydrogens (tertiary/aromatic N) is 3. The number of hydrogen-bond acceptors (Lipinski definition) is 8. The van der Waals surface area contributed by atoms with Crippen molar-refractivity contribution < 1.29 is 24.9 Å². The van der Waals surface area contributed by atoms with E-state index in [4.69, 9.17) is 15.6 Å². The molecule has 0 radical (unpaired) electrons. The van der Waals surface area contributed by atoms with Crippen molar-refractivity contribution in [2.75, 3.05) is 18.1 Å². The second-order valence-corrected chi connectivity index (χ2v) is 5.41. The fraction of sp³-hybridized carbons (Fsp3) is 0.700. The van der Waals surface area contributed by atoms with E-state index in [1.165, 1.54) is 18.1 Å². The Bertz CT molecular complexity index is 470. The van der Waals surface area contributed by atoms with Gasteiger partial charge in [0.25, 0.3) is 5.91 Å². The summed E-state index contributed by atoms with van der Waals surface area (Å²) in [7, 11) is 0. The first-order valence-corrected chi connectivity index (χ1v) is 7.11. The molecule has 10 heteroatoms. The van der Waals surface area contributed by atoms with Crippen molar-refractivity contribution in [3.8, 4) is 0 Å². The van der Waals surface area contributed by atoms with Crippen LogP contribution in [0.4, 0.5) is 0 Å². The van der Waals surface area contributed by atoms with Crippen molar-refractivity contribution in [2.45, 2.75) is 24.5 Å². The summed E-state index contributed by atoms with van der Waals surface area (Å²) in [5.74, 6) is -0.0324. The maximum absolute atomic E-state index is 10.9. The van der Waals surface area contributed by atoms with Crippen molar-refractivity contribution in [1.82, 2.24) is 14.8 Å². The zero-order valence-corrected chi connectivity index (χ0v) is 11.3. The Hall–Kier alpha value is -1.20. The van der Waals surface area contributed by atoms with E-state index in [-0.39, 0.29) is 12.4 Å². The van der Waals surface area contributed by atoms with Gasteiger partial charge in [0.15, 0.2) is 6.23 Å². The molecule has 0 spiro atoms. The summed E-state index contributed by atoms with van der Waals surface area (Å²) in [5, 5.41) is 32.3. The summed E-state index contributed by atoms with van der Waals surface area (Å²) < 4.78 is 6.67. The van der Waals surface area contributed by atoms with Gasteiger partial charge >= 0.3 is 0 Å². The second kappa shape index (κ2) is 6.50. The molecule has 2 heterocycles. The van der Waals surface area contributed by atoms with Crippen molar-refractivity contribution in [3.63, 3.8) is 0 Å². The molecule has 1 aromatic heterocycles. The molecule has 20 heavy (non-hydrogen) atoms. The van der Waals surface area contributed by atoms with Gasteiger partial charge in [-0.25, -0.2) is 9.67 Å². The third-order valence-electron chi connectivity index (χ3n) is 2.84. The smallest absolute Gasteiger partial charge is 0.288 e. The molecule has 0 unspecified atom stereocenters. The molecule has 1 aromatic rings. The van der Waals surface area contributed by atoms with Crippen LogP contribution in [0.5, 0.6) is 0 Å². The van der Waals surface area contributed by atoms with E-state index >= 15 is 0 Å². The van der Waals surface area contributed by atoms with Crippen LogP contribution in [-0.2, 0) is 4.74 Å². The molecular formula is C10H16N4O5S. The van der Waals surface area contributed by atoms with Crippen molar-refractivity contribution in [2.24, 2.45) is 5.73 Å². The van der Waals surface area contributed by atoms with Gasteiger partial charge < -0.3 is 25.8 Å². The summed E-state index contributed by atoms with van der Waals surface area (Å²) >= 11 is 1.40. The lowest BCUT2D eigenvalue weighted by atomic mass is 10.1. The van der Waals surface area contributed by atoms with E-state index in [0.717, 1.165) is 4.68 Å². The summed E-state index contributed by atoms with van der Waals surface area (Å²) in [5.41, 5.74) is 5.04. The van der Waals surface area contributed by atoms with Crippen LogP contribution in [-0.4, -0.2) is 72.4 Å². The van der Waals surface area contributed by atoms with Crippen LogP contribution in [0.2, 0.25) is 0 Å². The predicted octanol–water partition coefficient (Wildman–Crippen LogP) is -2.28. The highest BCUT2D eigenvalue weighted by Gasteiger charge is 2.44. The highest BCUT2D eigenvalue weighted by molar-refractivity contribution is 7.99. The molecule has 4 atom stereocenters. The van der Waals surface area contributed by atoms with Crippen LogP contribution in [0.3, 0.4) is 0 Å². The highest BCUT2D eigenvalue weighted by Crippen LogP contribution is 2.30. The number of aliphatic hydroxyl groups excluding tert-OH is 3. The summed E-state index contributed by atoms with van der Waals surface area (Å²) in [6, 6.07) is 0. The largest absolute Gasteiger partial charge is 0.396 e. The van der Waals surface area contributed by atoms with E-state index < -0.39 is 30.4 Å². The first-order chi connectivity index (χ1) is 9.54. The SMILES string of the molecule is NC(=O)c1ncn([C@@H]2O[C@H](CSCCO)[C@@H](O)[C@H]2O)n1. The minimum absolute atomic E-state index is 0.0323. The van der Waals surface area contributed by atoms with Gasteiger partial charge in [0.1, 0.15) is 18.5 Å². The fourth-order valence-corrected chi connectivity index (χ4v) is 2.66. The molecule has 1 aliphatic rings. The molecular weight excluding hydrogens is 288 g/mol.